The van der Waals surface area contributed by atoms with Crippen molar-refractivity contribution in [2.24, 2.45) is 5.92 Å². The molecule has 3 rings (SSSR count). The van der Waals surface area contributed by atoms with E-state index in [0.717, 1.165) is 25.7 Å². The second kappa shape index (κ2) is 5.26. The number of amides is 1. The van der Waals surface area contributed by atoms with Gasteiger partial charge in [0.05, 0.1) is 11.8 Å². The lowest BCUT2D eigenvalue weighted by atomic mass is 9.82. The van der Waals surface area contributed by atoms with Crippen molar-refractivity contribution in [1.29, 1.82) is 0 Å². The molecule has 21 heavy (non-hydrogen) atoms. The number of carbonyl (C=O) groups is 1. The summed E-state index contributed by atoms with van der Waals surface area (Å²) in [5.41, 5.74) is 0.308. The molecule has 6 nitrogen and oxygen atoms in total. The van der Waals surface area contributed by atoms with Gasteiger partial charge >= 0.3 is 0 Å². The average molecular weight is 291 g/mol. The zero-order valence-electron chi connectivity index (χ0n) is 12.4. The number of nitrogens with zero attached hydrogens (tertiary/aromatic N) is 2. The molecule has 1 heterocycles. The van der Waals surface area contributed by atoms with Gasteiger partial charge < -0.3 is 15.0 Å². The Morgan fingerprint density at radius 1 is 1.43 bits per heavy atom. The molecule has 0 atom stereocenters. The van der Waals surface area contributed by atoms with E-state index in [1.54, 1.807) is 18.9 Å². The van der Waals surface area contributed by atoms with E-state index in [1.807, 2.05) is 0 Å². The molecular formula is C15H21N3O3. The Balaban J connectivity index is 1.75. The number of hydrogen-bond acceptors (Lipinski definition) is 4. The molecule has 0 radical (unpaired) electrons. The van der Waals surface area contributed by atoms with Gasteiger partial charge in [-0.15, -0.1) is 0 Å². The van der Waals surface area contributed by atoms with Crippen LogP contribution in [0.1, 0.15) is 53.5 Å². The number of aryl methyl sites for hydroxylation is 1. The van der Waals surface area contributed by atoms with Crippen molar-refractivity contribution < 1.29 is 9.90 Å². The molecule has 1 aromatic heterocycles. The summed E-state index contributed by atoms with van der Waals surface area (Å²) < 4.78 is 0. The van der Waals surface area contributed by atoms with Crippen LogP contribution in [-0.4, -0.2) is 45.6 Å². The second-order valence-electron chi connectivity index (χ2n) is 6.36. The maximum absolute atomic E-state index is 12.4. The van der Waals surface area contributed by atoms with E-state index in [-0.39, 0.29) is 23.1 Å². The van der Waals surface area contributed by atoms with Gasteiger partial charge in [0, 0.05) is 19.5 Å². The predicted molar refractivity (Wildman–Crippen MR) is 77.3 cm³/mol. The number of nitrogens with one attached hydrogen (secondary N) is 1. The van der Waals surface area contributed by atoms with Crippen molar-refractivity contribution in [2.45, 2.75) is 44.6 Å². The number of hydrogen-bond donors (Lipinski definition) is 2. The van der Waals surface area contributed by atoms with Crippen molar-refractivity contribution >= 4 is 5.91 Å². The van der Waals surface area contributed by atoms with Crippen molar-refractivity contribution in [1.82, 2.24) is 14.9 Å². The van der Waals surface area contributed by atoms with Crippen molar-refractivity contribution in [3.05, 3.63) is 27.4 Å². The molecule has 0 saturated heterocycles. The van der Waals surface area contributed by atoms with Crippen LogP contribution in [0.4, 0.5) is 0 Å². The van der Waals surface area contributed by atoms with Crippen LogP contribution < -0.4 is 5.56 Å². The number of H-pyrrole nitrogens is 1. The van der Waals surface area contributed by atoms with Gasteiger partial charge in [-0.05, 0) is 38.5 Å². The van der Waals surface area contributed by atoms with Crippen molar-refractivity contribution in [3.8, 4) is 0 Å². The Morgan fingerprint density at radius 3 is 2.62 bits per heavy atom. The Hall–Kier alpha value is -1.69. The zero-order chi connectivity index (χ0) is 15.1. The molecule has 2 saturated carbocycles. The molecule has 0 bridgehead atoms. The highest BCUT2D eigenvalue weighted by Crippen LogP contribution is 2.37. The lowest BCUT2D eigenvalue weighted by Gasteiger charge is -2.34. The minimum Gasteiger partial charge on any atom is -0.393 e. The van der Waals surface area contributed by atoms with Gasteiger partial charge in [-0.25, -0.2) is 4.98 Å². The SMILES string of the molecule is Cc1nc(C2CC2)[nH]c(=O)c1C(=O)N(C)CC1CC(O)C1. The molecular weight excluding hydrogens is 270 g/mol. The normalized spacial score (nSPS) is 24.5. The number of aliphatic hydroxyl groups excluding tert-OH is 1. The molecule has 0 spiro atoms. The standard InChI is InChI=1S/C15H21N3O3/c1-8-12(14(20)17-13(16-8)10-3-4-10)15(21)18(2)7-9-5-11(19)6-9/h9-11,19H,3-7H2,1-2H3,(H,16,17,20). The molecule has 2 N–H and O–H groups in total. The quantitative estimate of drug-likeness (QED) is 0.859. The highest BCUT2D eigenvalue weighted by Gasteiger charge is 2.31. The summed E-state index contributed by atoms with van der Waals surface area (Å²) in [5.74, 6) is 1.10. The molecule has 6 heteroatoms. The first kappa shape index (κ1) is 14.3. The van der Waals surface area contributed by atoms with Crippen LogP contribution in [0.25, 0.3) is 0 Å². The molecule has 0 unspecified atom stereocenters. The summed E-state index contributed by atoms with van der Waals surface area (Å²) >= 11 is 0. The molecule has 2 aliphatic rings. The molecule has 2 fully saturated rings. The van der Waals surface area contributed by atoms with Gasteiger partial charge in [-0.3, -0.25) is 9.59 Å². The fraction of sp³-hybridized carbons (Fsp3) is 0.667. The van der Waals surface area contributed by atoms with Crippen LogP contribution in [0.5, 0.6) is 0 Å². The minimum absolute atomic E-state index is 0.141. The Kier molecular flexibility index (Phi) is 3.57. The summed E-state index contributed by atoms with van der Waals surface area (Å²) in [4.78, 5) is 33.3. The minimum atomic E-state index is -0.338. The average Bonchev–Trinajstić information content (AvgIpc) is 3.19. The van der Waals surface area contributed by atoms with E-state index in [2.05, 4.69) is 9.97 Å². The zero-order valence-corrected chi connectivity index (χ0v) is 12.4. The van der Waals surface area contributed by atoms with E-state index >= 15 is 0 Å². The summed E-state index contributed by atoms with van der Waals surface area (Å²) in [6, 6.07) is 0. The summed E-state index contributed by atoms with van der Waals surface area (Å²) in [6.07, 6.45) is 3.33. The summed E-state index contributed by atoms with van der Waals surface area (Å²) in [6.45, 7) is 2.29. The summed E-state index contributed by atoms with van der Waals surface area (Å²) in [7, 11) is 1.70. The largest absolute Gasteiger partial charge is 0.393 e. The highest BCUT2D eigenvalue weighted by molar-refractivity contribution is 5.94. The smallest absolute Gasteiger partial charge is 0.264 e. The van der Waals surface area contributed by atoms with Gasteiger partial charge in [0.1, 0.15) is 11.4 Å². The molecule has 0 aliphatic heterocycles. The molecule has 1 amide bonds. The lowest BCUT2D eigenvalue weighted by Crippen LogP contribution is -2.41. The van der Waals surface area contributed by atoms with Crippen LogP contribution in [-0.2, 0) is 0 Å². The molecule has 1 aromatic rings. The predicted octanol–water partition coefficient (Wildman–Crippen LogP) is 0.799. The first-order chi connectivity index (χ1) is 9.95. The first-order valence-electron chi connectivity index (χ1n) is 7.50. The van der Waals surface area contributed by atoms with Gasteiger partial charge in [0.2, 0.25) is 0 Å². The number of aromatic amines is 1. The third kappa shape index (κ3) is 2.85. The van der Waals surface area contributed by atoms with E-state index in [0.29, 0.717) is 29.9 Å². The first-order valence-corrected chi connectivity index (χ1v) is 7.50. The topological polar surface area (TPSA) is 86.3 Å². The van der Waals surface area contributed by atoms with Crippen LogP contribution in [0.15, 0.2) is 4.79 Å². The van der Waals surface area contributed by atoms with Gasteiger partial charge in [-0.2, -0.15) is 0 Å². The fourth-order valence-corrected chi connectivity index (χ4v) is 2.92. The van der Waals surface area contributed by atoms with Crippen molar-refractivity contribution in [3.63, 3.8) is 0 Å². The van der Waals surface area contributed by atoms with Crippen LogP contribution in [0.2, 0.25) is 0 Å². The molecule has 114 valence electrons. The fourth-order valence-electron chi connectivity index (χ4n) is 2.92. The molecule has 2 aliphatic carbocycles. The third-order valence-electron chi connectivity index (χ3n) is 4.39. The second-order valence-corrected chi connectivity index (χ2v) is 6.36. The van der Waals surface area contributed by atoms with Crippen molar-refractivity contribution in [2.75, 3.05) is 13.6 Å². The van der Waals surface area contributed by atoms with E-state index in [4.69, 9.17) is 0 Å². The number of aromatic nitrogens is 2. The van der Waals surface area contributed by atoms with E-state index < -0.39 is 0 Å². The van der Waals surface area contributed by atoms with Gasteiger partial charge in [-0.1, -0.05) is 0 Å². The number of rotatable bonds is 4. The maximum Gasteiger partial charge on any atom is 0.264 e. The monoisotopic (exact) mass is 291 g/mol. The Bertz CT molecular complexity index is 615. The number of carbonyl (C=O) groups excluding carboxylic acids is 1. The third-order valence-corrected chi connectivity index (χ3v) is 4.39. The Morgan fingerprint density at radius 2 is 2.10 bits per heavy atom. The maximum atomic E-state index is 12.4. The van der Waals surface area contributed by atoms with Crippen LogP contribution in [0.3, 0.4) is 0 Å². The van der Waals surface area contributed by atoms with E-state index in [1.165, 1.54) is 0 Å². The van der Waals surface area contributed by atoms with E-state index in [9.17, 15) is 14.7 Å². The van der Waals surface area contributed by atoms with Gasteiger partial charge in [0.25, 0.3) is 11.5 Å². The Labute approximate surface area is 123 Å². The highest BCUT2D eigenvalue weighted by atomic mass is 16.3. The van der Waals surface area contributed by atoms with Crippen LogP contribution >= 0.6 is 0 Å². The van der Waals surface area contributed by atoms with Gasteiger partial charge in [0.15, 0.2) is 0 Å². The molecule has 0 aromatic carbocycles. The number of aliphatic hydroxyl groups is 1. The lowest BCUT2D eigenvalue weighted by molar-refractivity contribution is 0.0264. The van der Waals surface area contributed by atoms with Crippen LogP contribution in [0, 0.1) is 12.8 Å². The summed E-state index contributed by atoms with van der Waals surface area (Å²) in [5, 5.41) is 9.30.